The number of nitrogen functional groups attached to an aromatic ring is 2. The highest BCUT2D eigenvalue weighted by atomic mass is 16.5. The number of fused-ring (bicyclic) bond motifs is 2. The third-order valence-electron chi connectivity index (χ3n) is 6.04. The van der Waals surface area contributed by atoms with Crippen LogP contribution in [0.5, 0.6) is 0 Å². The second kappa shape index (κ2) is 13.8. The van der Waals surface area contributed by atoms with Gasteiger partial charge in [-0.2, -0.15) is 10.1 Å². The second-order valence-corrected chi connectivity index (χ2v) is 8.78. The van der Waals surface area contributed by atoms with E-state index < -0.39 is 0 Å². The van der Waals surface area contributed by atoms with E-state index in [9.17, 15) is 4.79 Å². The van der Waals surface area contributed by atoms with Gasteiger partial charge in [-0.05, 0) is 38.0 Å². The first-order chi connectivity index (χ1) is 18.6. The predicted octanol–water partition coefficient (Wildman–Crippen LogP) is 3.39. The van der Waals surface area contributed by atoms with Crippen LogP contribution in [0.4, 0.5) is 11.8 Å². The number of ether oxygens (including phenoxy) is 3. The van der Waals surface area contributed by atoms with Gasteiger partial charge in [0.1, 0.15) is 29.1 Å². The Morgan fingerprint density at radius 3 is 2.58 bits per heavy atom. The molecule has 0 fully saturated rings. The summed E-state index contributed by atoms with van der Waals surface area (Å²) in [6.07, 6.45) is 4.95. The van der Waals surface area contributed by atoms with E-state index >= 15 is 0 Å². The predicted molar refractivity (Wildman–Crippen MR) is 143 cm³/mol. The summed E-state index contributed by atoms with van der Waals surface area (Å²) in [4.78, 5) is 24.9. The van der Waals surface area contributed by atoms with Gasteiger partial charge in [0, 0.05) is 31.6 Å². The van der Waals surface area contributed by atoms with Gasteiger partial charge in [0.05, 0.1) is 38.4 Å². The minimum absolute atomic E-state index is 0.111. The molecule has 4 aromatic rings. The molecule has 0 saturated carbocycles. The highest BCUT2D eigenvalue weighted by molar-refractivity contribution is 5.99. The molecule has 0 saturated heterocycles. The number of benzene rings is 1. The normalized spacial score (nSPS) is 11.6. The van der Waals surface area contributed by atoms with Gasteiger partial charge in [-0.15, -0.1) is 0 Å². The fourth-order valence-corrected chi connectivity index (χ4v) is 4.14. The van der Waals surface area contributed by atoms with Gasteiger partial charge in [-0.25, -0.2) is 14.6 Å². The zero-order valence-electron chi connectivity index (χ0n) is 21.7. The van der Waals surface area contributed by atoms with Crippen LogP contribution in [0.3, 0.4) is 0 Å². The number of aromatic nitrogens is 5. The lowest BCUT2D eigenvalue weighted by Crippen LogP contribution is -2.11. The van der Waals surface area contributed by atoms with Gasteiger partial charge < -0.3 is 30.1 Å². The molecule has 0 aliphatic heterocycles. The van der Waals surface area contributed by atoms with Gasteiger partial charge in [-0.3, -0.25) is 4.79 Å². The van der Waals surface area contributed by atoms with Crippen molar-refractivity contribution in [1.29, 1.82) is 0 Å². The molecule has 3 heterocycles. The van der Waals surface area contributed by atoms with Crippen LogP contribution in [0.2, 0.25) is 0 Å². The molecule has 12 heteroatoms. The smallest absolute Gasteiger partial charge is 0.292 e. The number of hydrogen-bond acceptors (Lipinski definition) is 11. The van der Waals surface area contributed by atoms with E-state index in [1.54, 1.807) is 6.07 Å². The topological polar surface area (TPSA) is 166 Å². The quantitative estimate of drug-likeness (QED) is 0.194. The maximum absolute atomic E-state index is 12.2. The van der Waals surface area contributed by atoms with E-state index in [0.29, 0.717) is 92.7 Å². The molecule has 4 N–H and O–H groups in total. The number of Topliss-reactive ketones (excluding diaryl/α,β-unsaturated/α-hetero) is 1. The average Bonchev–Trinajstić information content (AvgIpc) is 3.47. The summed E-state index contributed by atoms with van der Waals surface area (Å²) in [7, 11) is 0. The molecule has 3 aromatic heterocycles. The molecule has 1 aromatic carbocycles. The third-order valence-corrected chi connectivity index (χ3v) is 6.04. The van der Waals surface area contributed by atoms with E-state index in [0.717, 1.165) is 24.8 Å². The summed E-state index contributed by atoms with van der Waals surface area (Å²) in [5.41, 5.74) is 15.3. The fourth-order valence-electron chi connectivity index (χ4n) is 4.14. The van der Waals surface area contributed by atoms with Crippen LogP contribution in [0.15, 0.2) is 28.9 Å². The molecule has 0 aliphatic rings. The number of aryl methyl sites for hydroxylation is 1. The Morgan fingerprint density at radius 1 is 0.974 bits per heavy atom. The number of nitrogens with zero attached hydrogens (tertiary/aromatic N) is 5. The average molecular weight is 526 g/mol. The maximum Gasteiger partial charge on any atom is 0.292 e. The summed E-state index contributed by atoms with van der Waals surface area (Å²) >= 11 is 0. The largest absolute Gasteiger partial charge is 0.424 e. The lowest BCUT2D eigenvalue weighted by atomic mass is 10.1. The zero-order valence-corrected chi connectivity index (χ0v) is 21.7. The van der Waals surface area contributed by atoms with E-state index in [4.69, 9.17) is 35.2 Å². The first-order valence-corrected chi connectivity index (χ1v) is 12.9. The van der Waals surface area contributed by atoms with Crippen LogP contribution < -0.4 is 11.5 Å². The number of hydrogen-bond donors (Lipinski definition) is 2. The van der Waals surface area contributed by atoms with Gasteiger partial charge in [0.2, 0.25) is 0 Å². The molecule has 0 spiro atoms. The molecule has 204 valence electrons. The maximum atomic E-state index is 12.2. The number of carbonyl (C=O) groups is 1. The number of carbonyl (C=O) groups excluding carboxylic acids is 1. The standard InChI is InChI=1S/C26H35N7O5/c1-2-35-12-13-37-15-14-36-11-9-19(34)6-4-3-5-10-33-25-22(24(27)29-17-30-25)23(32-33)18-7-8-21-20(16-18)31-26(28)38-21/h7-8,16-17H,2-6,9-15H2,1H3,(H2,28,31)(H2,27,29,30). The Hall–Kier alpha value is -3.61. The molecule has 0 unspecified atom stereocenters. The van der Waals surface area contributed by atoms with Crippen LogP contribution in [-0.2, 0) is 25.5 Å². The van der Waals surface area contributed by atoms with Crippen LogP contribution in [0.1, 0.15) is 39.0 Å². The molecule has 0 bridgehead atoms. The van der Waals surface area contributed by atoms with Gasteiger partial charge in [-0.1, -0.05) is 6.42 Å². The Balaban J connectivity index is 1.23. The molecule has 0 aliphatic carbocycles. The monoisotopic (exact) mass is 525 g/mol. The third kappa shape index (κ3) is 7.24. The van der Waals surface area contributed by atoms with Crippen LogP contribution in [0, 0.1) is 0 Å². The number of oxazole rings is 1. The number of nitrogens with two attached hydrogens (primary N) is 2. The lowest BCUT2D eigenvalue weighted by Gasteiger charge is -2.06. The Kier molecular flexibility index (Phi) is 9.96. The summed E-state index contributed by atoms with van der Waals surface area (Å²) in [5, 5.41) is 5.49. The minimum atomic E-state index is 0.111. The molecule has 12 nitrogen and oxygen atoms in total. The molecule has 38 heavy (non-hydrogen) atoms. The molecule has 0 atom stereocenters. The van der Waals surface area contributed by atoms with Gasteiger partial charge in [0.25, 0.3) is 6.01 Å². The molecule has 4 rings (SSSR count). The molecular formula is C26H35N7O5. The van der Waals surface area contributed by atoms with Crippen molar-refractivity contribution in [3.63, 3.8) is 0 Å². The Bertz CT molecular complexity index is 1340. The molecular weight excluding hydrogens is 490 g/mol. The van der Waals surface area contributed by atoms with E-state index in [2.05, 4.69) is 15.0 Å². The minimum Gasteiger partial charge on any atom is -0.424 e. The summed E-state index contributed by atoms with van der Waals surface area (Å²) < 4.78 is 23.3. The summed E-state index contributed by atoms with van der Waals surface area (Å²) in [5.74, 6) is 0.569. The SMILES string of the molecule is CCOCCOCCOCCC(=O)CCCCCn1nc(-c2ccc3oc(N)nc3c2)c2c(N)ncnc21. The summed E-state index contributed by atoms with van der Waals surface area (Å²) in [6.45, 7) is 5.83. The van der Waals surface area contributed by atoms with Crippen molar-refractivity contribution in [2.24, 2.45) is 0 Å². The number of rotatable bonds is 17. The van der Waals surface area contributed by atoms with Gasteiger partial charge in [0.15, 0.2) is 11.2 Å². The van der Waals surface area contributed by atoms with Crippen LogP contribution in [-0.4, -0.2) is 70.2 Å². The van der Waals surface area contributed by atoms with E-state index in [-0.39, 0.29) is 11.8 Å². The lowest BCUT2D eigenvalue weighted by molar-refractivity contribution is -0.120. The first kappa shape index (κ1) is 27.4. The summed E-state index contributed by atoms with van der Waals surface area (Å²) in [6, 6.07) is 5.66. The van der Waals surface area contributed by atoms with Crippen LogP contribution in [0.25, 0.3) is 33.4 Å². The molecule has 0 amide bonds. The Morgan fingerprint density at radius 2 is 1.76 bits per heavy atom. The number of anilines is 2. The van der Waals surface area contributed by atoms with Gasteiger partial charge >= 0.3 is 0 Å². The van der Waals surface area contributed by atoms with Crippen molar-refractivity contribution in [2.45, 2.75) is 45.6 Å². The van der Waals surface area contributed by atoms with Crippen molar-refractivity contribution in [2.75, 3.05) is 51.1 Å². The highest BCUT2D eigenvalue weighted by Gasteiger charge is 2.18. The van der Waals surface area contributed by atoms with E-state index in [1.165, 1.54) is 6.33 Å². The zero-order chi connectivity index (χ0) is 26.7. The van der Waals surface area contributed by atoms with Crippen molar-refractivity contribution in [1.82, 2.24) is 24.7 Å². The van der Waals surface area contributed by atoms with Crippen LogP contribution >= 0.6 is 0 Å². The Labute approximate surface area is 220 Å². The van der Waals surface area contributed by atoms with Crippen molar-refractivity contribution in [3.8, 4) is 11.3 Å². The van der Waals surface area contributed by atoms with Crippen molar-refractivity contribution < 1.29 is 23.4 Å². The number of ketones is 1. The first-order valence-electron chi connectivity index (χ1n) is 12.9. The number of unbranched alkanes of at least 4 members (excludes halogenated alkanes) is 2. The highest BCUT2D eigenvalue weighted by Crippen LogP contribution is 2.32. The van der Waals surface area contributed by atoms with E-state index in [1.807, 2.05) is 23.7 Å². The molecule has 0 radical (unpaired) electrons. The fraction of sp³-hybridized carbons (Fsp3) is 0.500. The second-order valence-electron chi connectivity index (χ2n) is 8.78. The van der Waals surface area contributed by atoms with Crippen molar-refractivity contribution in [3.05, 3.63) is 24.5 Å². The van der Waals surface area contributed by atoms with Crippen molar-refractivity contribution >= 4 is 39.7 Å².